The first-order valence-corrected chi connectivity index (χ1v) is 16.0. The summed E-state index contributed by atoms with van der Waals surface area (Å²) in [5.41, 5.74) is 0. The zero-order valence-corrected chi connectivity index (χ0v) is 23.7. The fourth-order valence-electron chi connectivity index (χ4n) is 4.63. The van der Waals surface area contributed by atoms with E-state index in [0.29, 0.717) is 0 Å². The third-order valence-corrected chi connectivity index (χ3v) is 7.22. The Morgan fingerprint density at radius 3 is 1.84 bits per heavy atom. The maximum absolute atomic E-state index is 10.9. The van der Waals surface area contributed by atoms with Gasteiger partial charge in [0.05, 0.1) is 13.2 Å². The van der Waals surface area contributed by atoms with Crippen molar-refractivity contribution < 1.29 is 28.3 Å². The predicted molar refractivity (Wildman–Crippen MR) is 152 cm³/mol. The van der Waals surface area contributed by atoms with Crippen LogP contribution in [0.4, 0.5) is 0 Å². The number of hydrogen-bond acceptors (Lipinski definition) is 4. The molecule has 0 radical (unpaired) electrons. The molecule has 2 aromatic rings. The van der Waals surface area contributed by atoms with Crippen molar-refractivity contribution in [2.75, 3.05) is 13.2 Å². The largest absolute Gasteiger partial charge is 0.469 e. The molecule has 2 N–H and O–H groups in total. The fraction of sp³-hybridized carbons (Fsp3) is 0.667. The monoisotopic (exact) mass is 536 g/mol. The van der Waals surface area contributed by atoms with Gasteiger partial charge in [-0.3, -0.25) is 4.52 Å². The molecule has 0 heterocycles. The van der Waals surface area contributed by atoms with Crippen LogP contribution in [0, 0.1) is 0 Å². The zero-order chi connectivity index (χ0) is 26.6. The van der Waals surface area contributed by atoms with E-state index in [0.717, 1.165) is 35.8 Å². The highest BCUT2D eigenvalue weighted by atomic mass is 31.2. The van der Waals surface area contributed by atoms with Gasteiger partial charge in [-0.2, -0.15) is 0 Å². The van der Waals surface area contributed by atoms with Gasteiger partial charge in [0.2, 0.25) is 0 Å². The van der Waals surface area contributed by atoms with E-state index in [9.17, 15) is 4.57 Å². The van der Waals surface area contributed by atoms with Gasteiger partial charge in [0.1, 0.15) is 5.75 Å². The van der Waals surface area contributed by atoms with E-state index in [2.05, 4.69) is 11.4 Å². The Kier molecular flexibility index (Phi) is 16.8. The molecule has 0 aliphatic rings. The molecule has 0 aliphatic heterocycles. The summed E-state index contributed by atoms with van der Waals surface area (Å²) in [5.74, 6) is 0.750. The predicted octanol–water partition coefficient (Wildman–Crippen LogP) is 8.93. The summed E-state index contributed by atoms with van der Waals surface area (Å²) in [4.78, 5) is 17.8. The van der Waals surface area contributed by atoms with E-state index in [4.69, 9.17) is 19.3 Å². The minimum Gasteiger partial charge on any atom is -0.464 e. The number of benzene rings is 2. The van der Waals surface area contributed by atoms with Crippen molar-refractivity contribution in [1.82, 2.24) is 0 Å². The number of fused-ring (bicyclic) bond motifs is 1. The molecule has 1 atom stereocenters. The molecule has 0 spiro atoms. The van der Waals surface area contributed by atoms with Gasteiger partial charge in [-0.15, -0.1) is 0 Å². The van der Waals surface area contributed by atoms with Gasteiger partial charge >= 0.3 is 7.82 Å². The lowest BCUT2D eigenvalue weighted by molar-refractivity contribution is -0.0925. The number of rotatable bonds is 23. The molecule has 37 heavy (non-hydrogen) atoms. The van der Waals surface area contributed by atoms with E-state index in [-0.39, 0.29) is 13.2 Å². The van der Waals surface area contributed by atoms with Crippen LogP contribution in [0.1, 0.15) is 110 Å². The number of hydrogen-bond donors (Lipinski definition) is 2. The van der Waals surface area contributed by atoms with Gasteiger partial charge in [-0.1, -0.05) is 133 Å². The van der Waals surface area contributed by atoms with Gasteiger partial charge in [0.25, 0.3) is 0 Å². The van der Waals surface area contributed by atoms with Crippen molar-refractivity contribution in [2.24, 2.45) is 0 Å². The molecule has 2 rings (SSSR count). The molecular formula is C30H49O6P. The lowest BCUT2D eigenvalue weighted by Crippen LogP contribution is -2.23. The first-order chi connectivity index (χ1) is 18.0. The Bertz CT molecular complexity index is 878. The number of phosphoric ester groups is 1. The Labute approximate surface area is 224 Å². The van der Waals surface area contributed by atoms with Crippen LogP contribution in [-0.2, 0) is 13.8 Å². The van der Waals surface area contributed by atoms with Crippen LogP contribution in [0.25, 0.3) is 10.8 Å². The molecular weight excluding hydrogens is 487 g/mol. The molecule has 6 nitrogen and oxygen atoms in total. The standard InChI is InChI=1S/C30H49O6P/c1-2-3-4-5-6-7-8-9-10-11-12-13-14-15-16-24-30(34-25-26-35-37(31,32)33)36-29-23-19-21-27-20-17-18-22-28(27)29/h17-23,30H,2-16,24-26H2,1H3,(H2,31,32,33). The Hall–Kier alpha value is -1.43. The van der Waals surface area contributed by atoms with Crippen LogP contribution in [-0.4, -0.2) is 29.3 Å². The molecule has 0 aromatic heterocycles. The average molecular weight is 537 g/mol. The highest BCUT2D eigenvalue weighted by Gasteiger charge is 2.16. The number of ether oxygens (including phenoxy) is 2. The normalized spacial score (nSPS) is 12.7. The second-order valence-electron chi connectivity index (χ2n) is 9.96. The highest BCUT2D eigenvalue weighted by Crippen LogP contribution is 2.35. The van der Waals surface area contributed by atoms with Crippen LogP contribution < -0.4 is 4.74 Å². The van der Waals surface area contributed by atoms with Crippen molar-refractivity contribution in [3.8, 4) is 5.75 Å². The lowest BCUT2D eigenvalue weighted by Gasteiger charge is -2.21. The molecule has 0 saturated carbocycles. The molecule has 2 aromatic carbocycles. The van der Waals surface area contributed by atoms with Crippen LogP contribution in [0.2, 0.25) is 0 Å². The quantitative estimate of drug-likeness (QED) is 0.0838. The minimum atomic E-state index is -4.50. The van der Waals surface area contributed by atoms with Gasteiger partial charge in [-0.05, 0) is 17.9 Å². The smallest absolute Gasteiger partial charge is 0.464 e. The zero-order valence-electron chi connectivity index (χ0n) is 22.8. The first kappa shape index (κ1) is 31.8. The van der Waals surface area contributed by atoms with E-state index in [1.807, 2.05) is 42.5 Å². The third kappa shape index (κ3) is 15.5. The molecule has 1 unspecified atom stereocenters. The summed E-state index contributed by atoms with van der Waals surface area (Å²) in [6.07, 6.45) is 19.9. The fourth-order valence-corrected chi connectivity index (χ4v) is 4.95. The summed E-state index contributed by atoms with van der Waals surface area (Å²) >= 11 is 0. The van der Waals surface area contributed by atoms with Crippen molar-refractivity contribution in [2.45, 2.75) is 116 Å². The molecule has 0 amide bonds. The van der Waals surface area contributed by atoms with E-state index >= 15 is 0 Å². The minimum absolute atomic E-state index is 0.0548. The molecule has 7 heteroatoms. The molecule has 0 fully saturated rings. The SMILES string of the molecule is CCCCCCCCCCCCCCCCCC(OCCOP(=O)(O)O)Oc1cccc2ccccc12. The first-order valence-electron chi connectivity index (χ1n) is 14.5. The molecule has 210 valence electrons. The van der Waals surface area contributed by atoms with Crippen LogP contribution >= 0.6 is 7.82 Å². The summed E-state index contributed by atoms with van der Waals surface area (Å²) in [6, 6.07) is 14.0. The maximum Gasteiger partial charge on any atom is 0.469 e. The van der Waals surface area contributed by atoms with Crippen molar-refractivity contribution in [1.29, 1.82) is 0 Å². The summed E-state index contributed by atoms with van der Waals surface area (Å²) in [6.45, 7) is 2.14. The van der Waals surface area contributed by atoms with Crippen molar-refractivity contribution in [3.63, 3.8) is 0 Å². The van der Waals surface area contributed by atoms with Gasteiger partial charge in [0.15, 0.2) is 6.29 Å². The number of unbranched alkanes of at least 4 members (excludes halogenated alkanes) is 14. The Morgan fingerprint density at radius 1 is 0.703 bits per heavy atom. The van der Waals surface area contributed by atoms with E-state index in [1.54, 1.807) is 0 Å². The lowest BCUT2D eigenvalue weighted by atomic mass is 10.0. The second kappa shape index (κ2) is 19.6. The summed E-state index contributed by atoms with van der Waals surface area (Å²) < 4.78 is 27.5. The summed E-state index contributed by atoms with van der Waals surface area (Å²) in [5, 5.41) is 2.11. The summed E-state index contributed by atoms with van der Waals surface area (Å²) in [7, 11) is -4.50. The third-order valence-electron chi connectivity index (χ3n) is 6.70. The Balaban J connectivity index is 1.62. The average Bonchev–Trinajstić information content (AvgIpc) is 2.88. The highest BCUT2D eigenvalue weighted by molar-refractivity contribution is 7.46. The number of phosphoric acid groups is 1. The van der Waals surface area contributed by atoms with Crippen molar-refractivity contribution in [3.05, 3.63) is 42.5 Å². The van der Waals surface area contributed by atoms with E-state index in [1.165, 1.54) is 83.5 Å². The maximum atomic E-state index is 10.9. The van der Waals surface area contributed by atoms with Gasteiger partial charge in [0, 0.05) is 11.8 Å². The van der Waals surface area contributed by atoms with Gasteiger partial charge in [-0.25, -0.2) is 4.57 Å². The molecule has 0 bridgehead atoms. The molecule has 0 aliphatic carbocycles. The van der Waals surface area contributed by atoms with Crippen LogP contribution in [0.15, 0.2) is 42.5 Å². The second-order valence-corrected chi connectivity index (χ2v) is 11.2. The topological polar surface area (TPSA) is 85.2 Å². The molecule has 0 saturated heterocycles. The van der Waals surface area contributed by atoms with Crippen molar-refractivity contribution >= 4 is 18.6 Å². The van der Waals surface area contributed by atoms with Crippen LogP contribution in [0.5, 0.6) is 5.75 Å². The van der Waals surface area contributed by atoms with Gasteiger partial charge < -0.3 is 19.3 Å². The Morgan fingerprint density at radius 2 is 1.24 bits per heavy atom. The van der Waals surface area contributed by atoms with Crippen LogP contribution in [0.3, 0.4) is 0 Å². The van der Waals surface area contributed by atoms with E-state index < -0.39 is 14.1 Å².